The number of hydrogen-bond acceptors (Lipinski definition) is 12. The van der Waals surface area contributed by atoms with E-state index in [9.17, 15) is 55.1 Å². The number of benzene rings is 3. The SMILES string of the molecule is CCOC(=O)N1CCC(C)(N2CCC(n3c(=O)[nH]c4cc(F)c(F)cc43)CC2)C1.CCOC(=O)N1CCC(C)(N2CCC(n3c(=O)[nH]c4cc(F)c(F)cc43)CC2)C1.CCOC(=O)N1CCC(C)(N2CCC(n3c(=O)[nH]c4cc(F)c(F)cc43)CC2)C1. The molecular formula is C60H78F6N12O9. The van der Waals surface area contributed by atoms with Crippen LogP contribution in [0.5, 0.6) is 0 Å². The van der Waals surface area contributed by atoms with Crippen LogP contribution in [0.25, 0.3) is 33.1 Å². The summed E-state index contributed by atoms with van der Waals surface area (Å²) >= 11 is 0. The maximum absolute atomic E-state index is 13.7. The van der Waals surface area contributed by atoms with Gasteiger partial charge in [0.25, 0.3) is 0 Å². The van der Waals surface area contributed by atoms with Crippen LogP contribution < -0.4 is 17.1 Å². The van der Waals surface area contributed by atoms with Crippen molar-refractivity contribution in [1.29, 1.82) is 0 Å². The second-order valence-electron chi connectivity index (χ2n) is 24.5. The molecule has 3 N–H and O–H groups in total. The molecule has 87 heavy (non-hydrogen) atoms. The second-order valence-corrected chi connectivity index (χ2v) is 24.5. The molecule has 6 fully saturated rings. The minimum atomic E-state index is -0.971. The summed E-state index contributed by atoms with van der Waals surface area (Å²) in [5, 5.41) is 0. The van der Waals surface area contributed by atoms with Gasteiger partial charge in [-0.2, -0.15) is 0 Å². The van der Waals surface area contributed by atoms with Crippen molar-refractivity contribution in [2.75, 3.05) is 98.4 Å². The van der Waals surface area contributed by atoms with E-state index in [4.69, 9.17) is 14.2 Å². The fraction of sp³-hybridized carbons (Fsp3) is 0.600. The number of ether oxygens (including phenoxy) is 3. The third-order valence-corrected chi connectivity index (χ3v) is 19.0. The zero-order chi connectivity index (χ0) is 62.3. The number of nitrogens with zero attached hydrogens (tertiary/aromatic N) is 9. The quantitative estimate of drug-likeness (QED) is 0.0918. The Bertz CT molecular complexity index is 3320. The van der Waals surface area contributed by atoms with E-state index in [0.717, 1.165) is 133 Å². The molecule has 3 amide bonds. The number of likely N-dealkylation sites (tertiary alicyclic amines) is 6. The van der Waals surface area contributed by atoms with Crippen LogP contribution in [0.1, 0.15) is 117 Å². The Labute approximate surface area is 498 Å². The molecule has 0 aliphatic carbocycles. The molecule has 12 rings (SSSR count). The van der Waals surface area contributed by atoms with Gasteiger partial charge in [0.1, 0.15) is 0 Å². The van der Waals surface area contributed by atoms with Gasteiger partial charge in [-0.05, 0) is 99.3 Å². The average Bonchev–Trinajstić information content (AvgIpc) is 2.46. The van der Waals surface area contributed by atoms with E-state index in [1.807, 2.05) is 0 Å². The van der Waals surface area contributed by atoms with Crippen molar-refractivity contribution in [3.63, 3.8) is 0 Å². The number of fused-ring (bicyclic) bond motifs is 3. The minimum absolute atomic E-state index is 0.0801. The Morgan fingerprint density at radius 2 is 0.644 bits per heavy atom. The molecule has 3 aromatic heterocycles. The third-order valence-electron chi connectivity index (χ3n) is 19.0. The lowest BCUT2D eigenvalue weighted by Gasteiger charge is -2.43. The molecule has 0 radical (unpaired) electrons. The Kier molecular flexibility index (Phi) is 18.4. The van der Waals surface area contributed by atoms with Crippen LogP contribution in [0.3, 0.4) is 0 Å². The van der Waals surface area contributed by atoms with Gasteiger partial charge in [-0.15, -0.1) is 0 Å². The predicted octanol–water partition coefficient (Wildman–Crippen LogP) is 8.60. The standard InChI is InChI=1S/3C20H26F2N4O3/c3*1-3-29-19(28)24-9-6-20(2,12-24)25-7-4-13(5-8-25)26-17-11-15(22)14(21)10-16(17)23-18(26)27/h3*10-11,13H,3-9,12H2,1-2H3,(H,23,27). The van der Waals surface area contributed by atoms with Crippen LogP contribution in [0.4, 0.5) is 40.7 Å². The highest BCUT2D eigenvalue weighted by Gasteiger charge is 2.46. The van der Waals surface area contributed by atoms with Crippen LogP contribution in [-0.2, 0) is 14.2 Å². The highest BCUT2D eigenvalue weighted by molar-refractivity contribution is 5.77. The second kappa shape index (κ2) is 25.5. The Morgan fingerprint density at radius 3 is 0.874 bits per heavy atom. The first-order valence-corrected chi connectivity index (χ1v) is 30.2. The van der Waals surface area contributed by atoms with Crippen LogP contribution >= 0.6 is 0 Å². The van der Waals surface area contributed by atoms with Crippen molar-refractivity contribution in [2.45, 2.75) is 134 Å². The molecule has 6 aromatic rings. The molecule has 3 atom stereocenters. The summed E-state index contributed by atoms with van der Waals surface area (Å²) in [4.78, 5) is 93.6. The van der Waals surface area contributed by atoms with Gasteiger partial charge in [-0.3, -0.25) is 28.4 Å². The van der Waals surface area contributed by atoms with Gasteiger partial charge in [0.15, 0.2) is 34.9 Å². The summed E-state index contributed by atoms with van der Waals surface area (Å²) < 4.78 is 102. The van der Waals surface area contributed by atoms with Crippen LogP contribution in [-0.4, -0.2) is 191 Å². The number of aromatic amines is 3. The summed E-state index contributed by atoms with van der Waals surface area (Å²) in [6, 6.07) is 6.11. The Hall–Kier alpha value is -7.26. The van der Waals surface area contributed by atoms with Crippen molar-refractivity contribution >= 4 is 51.4 Å². The zero-order valence-corrected chi connectivity index (χ0v) is 50.1. The smallest absolute Gasteiger partial charge is 0.409 e. The molecule has 0 bridgehead atoms. The largest absolute Gasteiger partial charge is 0.450 e. The Morgan fingerprint density at radius 1 is 0.414 bits per heavy atom. The Balaban J connectivity index is 0.000000144. The molecule has 0 saturated carbocycles. The first-order valence-electron chi connectivity index (χ1n) is 30.2. The van der Waals surface area contributed by atoms with Crippen molar-refractivity contribution < 1.29 is 54.9 Å². The molecule has 474 valence electrons. The average molecular weight is 1230 g/mol. The van der Waals surface area contributed by atoms with Gasteiger partial charge >= 0.3 is 35.3 Å². The van der Waals surface area contributed by atoms with Crippen molar-refractivity contribution in [2.24, 2.45) is 0 Å². The number of H-pyrrole nitrogens is 3. The van der Waals surface area contributed by atoms with E-state index in [2.05, 4.69) is 50.4 Å². The van der Waals surface area contributed by atoms with Crippen molar-refractivity contribution in [3.8, 4) is 0 Å². The number of imidazole rings is 3. The van der Waals surface area contributed by atoms with E-state index in [-0.39, 0.29) is 70.1 Å². The topological polar surface area (TPSA) is 212 Å². The predicted molar refractivity (Wildman–Crippen MR) is 312 cm³/mol. The first kappa shape index (κ1) is 62.8. The van der Waals surface area contributed by atoms with Gasteiger partial charge in [0.05, 0.1) is 52.9 Å². The summed E-state index contributed by atoms with van der Waals surface area (Å²) in [6.45, 7) is 21.4. The molecule has 21 nitrogen and oxygen atoms in total. The number of carbonyl (C=O) groups is 3. The number of nitrogens with one attached hydrogen (secondary N) is 3. The highest BCUT2D eigenvalue weighted by Crippen LogP contribution is 2.38. The molecule has 6 saturated heterocycles. The monoisotopic (exact) mass is 1220 g/mol. The number of hydrogen-bond donors (Lipinski definition) is 3. The lowest BCUT2D eigenvalue weighted by atomic mass is 9.93. The third kappa shape index (κ3) is 12.7. The molecule has 27 heteroatoms. The molecule has 6 aliphatic rings. The number of carbonyl (C=O) groups excluding carboxylic acids is 3. The van der Waals surface area contributed by atoms with Gasteiger partial charge in [-0.25, -0.2) is 55.1 Å². The number of rotatable bonds is 9. The van der Waals surface area contributed by atoms with Crippen molar-refractivity contribution in [3.05, 3.63) is 103 Å². The summed E-state index contributed by atoms with van der Waals surface area (Å²) in [5.74, 6) is -5.79. The zero-order valence-electron chi connectivity index (χ0n) is 50.1. The fourth-order valence-electron chi connectivity index (χ4n) is 14.2. The van der Waals surface area contributed by atoms with Crippen LogP contribution in [0, 0.1) is 34.9 Å². The van der Waals surface area contributed by atoms with E-state index in [1.165, 1.54) is 0 Å². The molecule has 0 spiro atoms. The van der Waals surface area contributed by atoms with E-state index in [0.29, 0.717) is 92.2 Å². The minimum Gasteiger partial charge on any atom is -0.450 e. The lowest BCUT2D eigenvalue weighted by molar-refractivity contribution is 0.0639. The molecule has 3 unspecified atom stereocenters. The first-order chi connectivity index (χ1) is 41.5. The van der Waals surface area contributed by atoms with Crippen molar-refractivity contribution in [1.82, 2.24) is 58.1 Å². The summed E-state index contributed by atoms with van der Waals surface area (Å²) in [7, 11) is 0. The fourth-order valence-corrected chi connectivity index (χ4v) is 14.2. The van der Waals surface area contributed by atoms with Gasteiger partial charge in [0, 0.05) is 150 Å². The molecule has 9 heterocycles. The highest BCUT2D eigenvalue weighted by atomic mass is 19.2. The number of aromatic nitrogens is 6. The van der Waals surface area contributed by atoms with E-state index >= 15 is 0 Å². The normalized spacial score (nSPS) is 23.8. The van der Waals surface area contributed by atoms with Crippen LogP contribution in [0.2, 0.25) is 0 Å². The van der Waals surface area contributed by atoms with Gasteiger partial charge in [0.2, 0.25) is 0 Å². The molecule has 6 aliphatic heterocycles. The summed E-state index contributed by atoms with van der Waals surface area (Å²) in [6.07, 6.45) is 6.13. The molecule has 3 aromatic carbocycles. The van der Waals surface area contributed by atoms with Gasteiger partial charge < -0.3 is 43.9 Å². The van der Waals surface area contributed by atoms with Gasteiger partial charge in [-0.1, -0.05) is 0 Å². The lowest BCUT2D eigenvalue weighted by Crippen LogP contribution is -2.52. The maximum Gasteiger partial charge on any atom is 0.409 e. The number of piperidine rings is 3. The number of halogens is 6. The van der Waals surface area contributed by atoms with E-state index < -0.39 is 34.9 Å². The summed E-state index contributed by atoms with van der Waals surface area (Å²) in [5.41, 5.74) is 0.706. The molecular weight excluding hydrogens is 1150 g/mol. The number of amides is 3. The maximum atomic E-state index is 13.7. The van der Waals surface area contributed by atoms with Crippen LogP contribution in [0.15, 0.2) is 50.8 Å². The van der Waals surface area contributed by atoms with E-state index in [1.54, 1.807) is 49.2 Å².